The normalized spacial score (nSPS) is 46.1. The summed E-state index contributed by atoms with van der Waals surface area (Å²) in [7, 11) is 0. The molecule has 0 radical (unpaired) electrons. The molecule has 0 unspecified atom stereocenters. The molecule has 2 saturated carbocycles. The molecule has 2 rings (SSSR count). The highest BCUT2D eigenvalue weighted by molar-refractivity contribution is 5.56. The molecule has 2 aliphatic rings. The number of aliphatic hydroxyl groups excluding tert-OH is 1. The molecule has 0 heterocycles. The van der Waals surface area contributed by atoms with Crippen LogP contribution in [0, 0.1) is 23.2 Å². The maximum atomic E-state index is 11.4. The number of carbonyl (C=O) groups excluding carboxylic acids is 1. The molecule has 0 aromatic heterocycles. The van der Waals surface area contributed by atoms with Gasteiger partial charge in [-0.15, -0.1) is 0 Å². The third-order valence-electron chi connectivity index (χ3n) is 5.32. The first-order chi connectivity index (χ1) is 7.99. The van der Waals surface area contributed by atoms with Crippen molar-refractivity contribution in [2.75, 3.05) is 0 Å². The van der Waals surface area contributed by atoms with Crippen LogP contribution in [0.3, 0.4) is 0 Å². The van der Waals surface area contributed by atoms with E-state index in [0.29, 0.717) is 18.3 Å². The molecule has 96 valence electrons. The average molecular weight is 236 g/mol. The fourth-order valence-corrected chi connectivity index (χ4v) is 4.13. The highest BCUT2D eigenvalue weighted by Crippen LogP contribution is 2.57. The number of rotatable bonds is 2. The first-order valence-corrected chi connectivity index (χ1v) is 6.78. The summed E-state index contributed by atoms with van der Waals surface area (Å²) >= 11 is 0. The summed E-state index contributed by atoms with van der Waals surface area (Å²) in [5.74, 6) is 1.08. The summed E-state index contributed by atoms with van der Waals surface area (Å²) in [5, 5.41) is 9.82. The third-order valence-corrected chi connectivity index (χ3v) is 5.32. The van der Waals surface area contributed by atoms with Gasteiger partial charge in [0.1, 0.15) is 6.29 Å². The van der Waals surface area contributed by atoms with Crippen molar-refractivity contribution in [3.63, 3.8) is 0 Å². The van der Waals surface area contributed by atoms with Gasteiger partial charge >= 0.3 is 0 Å². The Morgan fingerprint density at radius 1 is 1.47 bits per heavy atom. The van der Waals surface area contributed by atoms with Crippen LogP contribution in [0.2, 0.25) is 0 Å². The van der Waals surface area contributed by atoms with Crippen molar-refractivity contribution >= 4 is 6.29 Å². The SMILES string of the molecule is C=C(C)[C@@H]1CC[C@]2(C1)[C@H](C)C[C@H](O)C[C@@H]2C=O. The van der Waals surface area contributed by atoms with Gasteiger partial charge in [0.2, 0.25) is 0 Å². The van der Waals surface area contributed by atoms with Gasteiger partial charge in [0.15, 0.2) is 0 Å². The predicted octanol–water partition coefficient (Wildman–Crippen LogP) is 2.95. The molecule has 0 saturated heterocycles. The second kappa shape index (κ2) is 4.56. The van der Waals surface area contributed by atoms with E-state index < -0.39 is 0 Å². The minimum atomic E-state index is -0.283. The van der Waals surface area contributed by atoms with Crippen LogP contribution in [0.25, 0.3) is 0 Å². The van der Waals surface area contributed by atoms with Gasteiger partial charge < -0.3 is 9.90 Å². The lowest BCUT2D eigenvalue weighted by molar-refractivity contribution is -0.123. The van der Waals surface area contributed by atoms with Gasteiger partial charge in [0.05, 0.1) is 6.10 Å². The largest absolute Gasteiger partial charge is 0.393 e. The van der Waals surface area contributed by atoms with E-state index in [0.717, 1.165) is 25.5 Å². The van der Waals surface area contributed by atoms with E-state index in [-0.39, 0.29) is 17.4 Å². The molecule has 2 heteroatoms. The molecule has 2 fully saturated rings. The van der Waals surface area contributed by atoms with E-state index in [1.807, 2.05) is 0 Å². The van der Waals surface area contributed by atoms with Crippen LogP contribution in [-0.4, -0.2) is 17.5 Å². The summed E-state index contributed by atoms with van der Waals surface area (Å²) in [6, 6.07) is 0. The molecule has 0 amide bonds. The number of hydrogen-bond acceptors (Lipinski definition) is 2. The van der Waals surface area contributed by atoms with Crippen molar-refractivity contribution in [3.8, 4) is 0 Å². The van der Waals surface area contributed by atoms with Gasteiger partial charge in [-0.2, -0.15) is 0 Å². The smallest absolute Gasteiger partial charge is 0.123 e. The Bertz CT molecular complexity index is 323. The predicted molar refractivity (Wildman–Crippen MR) is 68.5 cm³/mol. The summed E-state index contributed by atoms with van der Waals surface area (Å²) in [6.07, 6.45) is 5.72. The maximum absolute atomic E-state index is 11.4. The van der Waals surface area contributed by atoms with Gasteiger partial charge in [-0.25, -0.2) is 0 Å². The molecule has 0 aliphatic heterocycles. The van der Waals surface area contributed by atoms with Gasteiger partial charge in [-0.05, 0) is 56.3 Å². The molecular weight excluding hydrogens is 212 g/mol. The summed E-state index contributed by atoms with van der Waals surface area (Å²) in [5.41, 5.74) is 1.40. The molecule has 1 spiro atoms. The summed E-state index contributed by atoms with van der Waals surface area (Å²) < 4.78 is 0. The zero-order chi connectivity index (χ0) is 12.6. The lowest BCUT2D eigenvalue weighted by Gasteiger charge is -2.46. The molecule has 0 aromatic rings. The minimum Gasteiger partial charge on any atom is -0.393 e. The fraction of sp³-hybridized carbons (Fsp3) is 0.800. The number of aliphatic hydroxyl groups is 1. The molecule has 0 aromatic carbocycles. The lowest BCUT2D eigenvalue weighted by atomic mass is 9.59. The van der Waals surface area contributed by atoms with Gasteiger partial charge in [-0.3, -0.25) is 0 Å². The Kier molecular flexibility index (Phi) is 3.44. The van der Waals surface area contributed by atoms with Gasteiger partial charge in [0.25, 0.3) is 0 Å². The van der Waals surface area contributed by atoms with E-state index in [1.165, 1.54) is 12.0 Å². The number of carbonyl (C=O) groups is 1. The Balaban J connectivity index is 2.22. The van der Waals surface area contributed by atoms with Crippen LogP contribution in [0.15, 0.2) is 12.2 Å². The van der Waals surface area contributed by atoms with Crippen LogP contribution < -0.4 is 0 Å². The van der Waals surface area contributed by atoms with Crippen LogP contribution in [0.4, 0.5) is 0 Å². The first-order valence-electron chi connectivity index (χ1n) is 6.78. The number of aldehydes is 1. The van der Waals surface area contributed by atoms with Crippen molar-refractivity contribution in [1.82, 2.24) is 0 Å². The van der Waals surface area contributed by atoms with Crippen LogP contribution in [0.5, 0.6) is 0 Å². The minimum absolute atomic E-state index is 0.0469. The zero-order valence-electron chi connectivity index (χ0n) is 11.0. The highest BCUT2D eigenvalue weighted by atomic mass is 16.3. The summed E-state index contributed by atoms with van der Waals surface area (Å²) in [6.45, 7) is 8.38. The Morgan fingerprint density at radius 3 is 2.71 bits per heavy atom. The molecule has 2 aliphatic carbocycles. The first kappa shape index (κ1) is 12.8. The maximum Gasteiger partial charge on any atom is 0.123 e. The van der Waals surface area contributed by atoms with Crippen molar-refractivity contribution in [1.29, 1.82) is 0 Å². The number of hydrogen-bond donors (Lipinski definition) is 1. The molecular formula is C15H24O2. The quantitative estimate of drug-likeness (QED) is 0.591. The monoisotopic (exact) mass is 236 g/mol. The molecule has 17 heavy (non-hydrogen) atoms. The molecule has 5 atom stereocenters. The van der Waals surface area contributed by atoms with Crippen molar-refractivity contribution in [2.24, 2.45) is 23.2 Å². The van der Waals surface area contributed by atoms with E-state index in [4.69, 9.17) is 0 Å². The Morgan fingerprint density at radius 2 is 2.18 bits per heavy atom. The third kappa shape index (κ3) is 2.08. The lowest BCUT2D eigenvalue weighted by Crippen LogP contribution is -2.43. The van der Waals surface area contributed by atoms with Gasteiger partial charge in [-0.1, -0.05) is 19.1 Å². The van der Waals surface area contributed by atoms with E-state index in [2.05, 4.69) is 20.4 Å². The molecule has 1 N–H and O–H groups in total. The summed E-state index contributed by atoms with van der Waals surface area (Å²) in [4.78, 5) is 11.4. The average Bonchev–Trinajstić information content (AvgIpc) is 2.70. The zero-order valence-corrected chi connectivity index (χ0v) is 11.0. The molecule has 0 bridgehead atoms. The van der Waals surface area contributed by atoms with E-state index >= 15 is 0 Å². The topological polar surface area (TPSA) is 37.3 Å². The van der Waals surface area contributed by atoms with Crippen LogP contribution >= 0.6 is 0 Å². The van der Waals surface area contributed by atoms with E-state index in [1.54, 1.807) is 0 Å². The van der Waals surface area contributed by atoms with Crippen molar-refractivity contribution in [3.05, 3.63) is 12.2 Å². The standard InChI is InChI=1S/C15H24O2/c1-10(2)12-4-5-15(8-12)11(3)6-14(17)7-13(15)9-16/h9,11-14,17H,1,4-8H2,2-3H3/t11-,12-,13-,14+,15+/m1/s1. The molecule has 2 nitrogen and oxygen atoms in total. The Hall–Kier alpha value is -0.630. The van der Waals surface area contributed by atoms with Crippen LogP contribution in [-0.2, 0) is 4.79 Å². The number of allylic oxidation sites excluding steroid dienone is 1. The second-order valence-corrected chi connectivity index (χ2v) is 6.29. The highest BCUT2D eigenvalue weighted by Gasteiger charge is 2.51. The second-order valence-electron chi connectivity index (χ2n) is 6.29. The Labute approximate surface area is 104 Å². The van der Waals surface area contributed by atoms with Crippen LogP contribution in [0.1, 0.15) is 46.0 Å². The van der Waals surface area contributed by atoms with Crippen molar-refractivity contribution in [2.45, 2.75) is 52.1 Å². The van der Waals surface area contributed by atoms with Crippen molar-refractivity contribution < 1.29 is 9.90 Å². The van der Waals surface area contributed by atoms with Gasteiger partial charge in [0, 0.05) is 5.92 Å². The van der Waals surface area contributed by atoms with E-state index in [9.17, 15) is 9.90 Å². The fourth-order valence-electron chi connectivity index (χ4n) is 4.13.